The molecule has 4 heteroatoms. The van der Waals surface area contributed by atoms with Gasteiger partial charge in [-0.1, -0.05) is 39.0 Å². The number of para-hydroxylation sites is 1. The summed E-state index contributed by atoms with van der Waals surface area (Å²) >= 11 is 0. The topological polar surface area (TPSA) is 48.7 Å². The summed E-state index contributed by atoms with van der Waals surface area (Å²) in [7, 11) is 0. The van der Waals surface area contributed by atoms with Gasteiger partial charge < -0.3 is 13.9 Å². The van der Waals surface area contributed by atoms with E-state index in [0.717, 1.165) is 53.7 Å². The Morgan fingerprint density at radius 2 is 1.60 bits per heavy atom. The van der Waals surface area contributed by atoms with Gasteiger partial charge in [0.25, 0.3) is 0 Å². The standard InChI is InChI=1S/C26H32O4/c1-19(2)20(3)26(27)29-17-9-5-4-8-16-28-23-14-12-21(13-15-23)25-18-22-10-6-7-11-24(22)30-25/h6-7,10-15,18-20H,4-5,8-9,16-17H2,1-3H3. The van der Waals surface area contributed by atoms with Gasteiger partial charge in [0, 0.05) is 10.9 Å². The Balaban J connectivity index is 1.32. The van der Waals surface area contributed by atoms with Gasteiger partial charge in [-0.15, -0.1) is 0 Å². The second-order valence-electron chi connectivity index (χ2n) is 8.14. The van der Waals surface area contributed by atoms with Crippen LogP contribution in [-0.4, -0.2) is 19.2 Å². The molecular weight excluding hydrogens is 376 g/mol. The third-order valence-electron chi connectivity index (χ3n) is 5.49. The minimum Gasteiger partial charge on any atom is -0.494 e. The fraction of sp³-hybridized carbons (Fsp3) is 0.423. The molecule has 1 heterocycles. The number of furan rings is 1. The molecule has 0 aliphatic rings. The van der Waals surface area contributed by atoms with Crippen LogP contribution in [0.5, 0.6) is 5.75 Å². The molecule has 0 fully saturated rings. The minimum absolute atomic E-state index is 0.0309. The molecule has 0 N–H and O–H groups in total. The predicted octanol–water partition coefficient (Wildman–Crippen LogP) is 6.87. The van der Waals surface area contributed by atoms with Crippen molar-refractivity contribution in [2.45, 2.75) is 46.5 Å². The Morgan fingerprint density at radius 1 is 0.900 bits per heavy atom. The second kappa shape index (κ2) is 10.9. The number of ether oxygens (including phenoxy) is 2. The van der Waals surface area contributed by atoms with Gasteiger partial charge >= 0.3 is 5.97 Å². The molecule has 1 unspecified atom stereocenters. The molecule has 2 aromatic carbocycles. The lowest BCUT2D eigenvalue weighted by Gasteiger charge is -2.14. The van der Waals surface area contributed by atoms with Crippen molar-refractivity contribution in [1.29, 1.82) is 0 Å². The van der Waals surface area contributed by atoms with Crippen molar-refractivity contribution in [2.24, 2.45) is 11.8 Å². The molecule has 30 heavy (non-hydrogen) atoms. The normalized spacial score (nSPS) is 12.3. The third kappa shape index (κ3) is 6.12. The first-order valence-corrected chi connectivity index (χ1v) is 10.9. The zero-order valence-electron chi connectivity index (χ0n) is 18.2. The average molecular weight is 409 g/mol. The summed E-state index contributed by atoms with van der Waals surface area (Å²) in [6, 6.07) is 18.1. The van der Waals surface area contributed by atoms with Crippen LogP contribution in [0.1, 0.15) is 46.5 Å². The van der Waals surface area contributed by atoms with Crippen LogP contribution in [0.3, 0.4) is 0 Å². The van der Waals surface area contributed by atoms with Crippen molar-refractivity contribution >= 4 is 16.9 Å². The number of benzene rings is 2. The van der Waals surface area contributed by atoms with Gasteiger partial charge in [-0.3, -0.25) is 4.79 Å². The minimum atomic E-state index is -0.0839. The highest BCUT2D eigenvalue weighted by molar-refractivity contribution is 5.82. The van der Waals surface area contributed by atoms with E-state index in [1.807, 2.05) is 63.2 Å². The molecule has 0 aliphatic carbocycles. The molecular formula is C26H32O4. The van der Waals surface area contributed by atoms with Crippen molar-refractivity contribution in [3.63, 3.8) is 0 Å². The number of unbranched alkanes of at least 4 members (excludes halogenated alkanes) is 3. The van der Waals surface area contributed by atoms with E-state index in [-0.39, 0.29) is 11.9 Å². The summed E-state index contributed by atoms with van der Waals surface area (Å²) in [6.07, 6.45) is 4.00. The zero-order valence-corrected chi connectivity index (χ0v) is 18.2. The quantitative estimate of drug-likeness (QED) is 0.256. The van der Waals surface area contributed by atoms with Crippen LogP contribution in [0.15, 0.2) is 59.0 Å². The lowest BCUT2D eigenvalue weighted by molar-refractivity contribution is -0.149. The maximum atomic E-state index is 11.8. The fourth-order valence-electron chi connectivity index (χ4n) is 3.16. The van der Waals surface area contributed by atoms with E-state index in [4.69, 9.17) is 13.9 Å². The van der Waals surface area contributed by atoms with Crippen molar-refractivity contribution in [2.75, 3.05) is 13.2 Å². The first-order chi connectivity index (χ1) is 14.5. The van der Waals surface area contributed by atoms with Gasteiger partial charge in [0.15, 0.2) is 0 Å². The molecule has 0 aliphatic heterocycles. The third-order valence-corrected chi connectivity index (χ3v) is 5.49. The van der Waals surface area contributed by atoms with Crippen LogP contribution in [0.25, 0.3) is 22.3 Å². The van der Waals surface area contributed by atoms with Crippen LogP contribution in [0.2, 0.25) is 0 Å². The highest BCUT2D eigenvalue weighted by Gasteiger charge is 2.17. The summed E-state index contributed by atoms with van der Waals surface area (Å²) in [5.41, 5.74) is 1.94. The van der Waals surface area contributed by atoms with E-state index in [1.54, 1.807) is 0 Å². The molecule has 0 saturated heterocycles. The van der Waals surface area contributed by atoms with E-state index in [2.05, 4.69) is 12.1 Å². The first kappa shape index (κ1) is 21.9. The van der Waals surface area contributed by atoms with E-state index >= 15 is 0 Å². The maximum Gasteiger partial charge on any atom is 0.308 e. The molecule has 1 aromatic heterocycles. The number of esters is 1. The molecule has 4 nitrogen and oxygen atoms in total. The highest BCUT2D eigenvalue weighted by Crippen LogP contribution is 2.28. The fourth-order valence-corrected chi connectivity index (χ4v) is 3.16. The van der Waals surface area contributed by atoms with Gasteiger partial charge in [-0.2, -0.15) is 0 Å². The molecule has 0 amide bonds. The summed E-state index contributed by atoms with van der Waals surface area (Å²) in [4.78, 5) is 11.8. The maximum absolute atomic E-state index is 11.8. The number of hydrogen-bond acceptors (Lipinski definition) is 4. The lowest BCUT2D eigenvalue weighted by atomic mass is 9.99. The molecule has 160 valence electrons. The van der Waals surface area contributed by atoms with E-state index in [0.29, 0.717) is 19.1 Å². The molecule has 0 saturated carbocycles. The Hall–Kier alpha value is -2.75. The summed E-state index contributed by atoms with van der Waals surface area (Å²) in [5, 5.41) is 1.11. The number of hydrogen-bond donors (Lipinski definition) is 0. The molecule has 1 atom stereocenters. The lowest BCUT2D eigenvalue weighted by Crippen LogP contribution is -2.20. The van der Waals surface area contributed by atoms with Gasteiger partial charge in [0.1, 0.15) is 17.1 Å². The van der Waals surface area contributed by atoms with Crippen LogP contribution in [-0.2, 0) is 9.53 Å². The number of fused-ring (bicyclic) bond motifs is 1. The van der Waals surface area contributed by atoms with Crippen molar-refractivity contribution in [1.82, 2.24) is 0 Å². The second-order valence-corrected chi connectivity index (χ2v) is 8.14. The van der Waals surface area contributed by atoms with Gasteiger partial charge in [-0.05, 0) is 68.0 Å². The molecule has 3 rings (SSSR count). The molecule has 0 radical (unpaired) electrons. The van der Waals surface area contributed by atoms with E-state index in [1.165, 1.54) is 0 Å². The van der Waals surface area contributed by atoms with Gasteiger partial charge in [0.05, 0.1) is 19.1 Å². The average Bonchev–Trinajstić information content (AvgIpc) is 3.19. The number of carbonyl (C=O) groups is 1. The summed E-state index contributed by atoms with van der Waals surface area (Å²) in [6.45, 7) is 7.21. The van der Waals surface area contributed by atoms with Crippen molar-refractivity contribution in [3.8, 4) is 17.1 Å². The molecule has 0 bridgehead atoms. The zero-order chi connectivity index (χ0) is 21.3. The first-order valence-electron chi connectivity index (χ1n) is 10.9. The van der Waals surface area contributed by atoms with E-state index in [9.17, 15) is 4.79 Å². The molecule has 3 aromatic rings. The van der Waals surface area contributed by atoms with Crippen molar-refractivity contribution in [3.05, 3.63) is 54.6 Å². The Bertz CT molecular complexity index is 891. The van der Waals surface area contributed by atoms with Crippen LogP contribution < -0.4 is 4.74 Å². The smallest absolute Gasteiger partial charge is 0.308 e. The summed E-state index contributed by atoms with van der Waals surface area (Å²) in [5.74, 6) is 1.94. The Kier molecular flexibility index (Phi) is 7.95. The van der Waals surface area contributed by atoms with Gasteiger partial charge in [-0.25, -0.2) is 0 Å². The van der Waals surface area contributed by atoms with Crippen molar-refractivity contribution < 1.29 is 18.7 Å². The summed E-state index contributed by atoms with van der Waals surface area (Å²) < 4.78 is 17.1. The van der Waals surface area contributed by atoms with Crippen LogP contribution in [0.4, 0.5) is 0 Å². The SMILES string of the molecule is CC(C)C(C)C(=O)OCCCCCCOc1ccc(-c2cc3ccccc3o2)cc1. The van der Waals surface area contributed by atoms with Crippen LogP contribution in [0, 0.1) is 11.8 Å². The van der Waals surface area contributed by atoms with Gasteiger partial charge in [0.2, 0.25) is 0 Å². The molecule has 0 spiro atoms. The monoisotopic (exact) mass is 408 g/mol. The Morgan fingerprint density at radius 3 is 2.30 bits per heavy atom. The van der Waals surface area contributed by atoms with Crippen LogP contribution >= 0.6 is 0 Å². The number of rotatable bonds is 11. The highest BCUT2D eigenvalue weighted by atomic mass is 16.5. The Labute approximate surface area is 179 Å². The predicted molar refractivity (Wildman–Crippen MR) is 121 cm³/mol. The largest absolute Gasteiger partial charge is 0.494 e. The number of carbonyl (C=O) groups excluding carboxylic acids is 1. The van der Waals surface area contributed by atoms with E-state index < -0.39 is 0 Å².